The molecule has 4 rings (SSSR count). The number of nitrogens with zero attached hydrogens (tertiary/aromatic N) is 1. The summed E-state index contributed by atoms with van der Waals surface area (Å²) in [6.45, 7) is 2.53. The molecule has 1 fully saturated rings. The second-order valence-electron chi connectivity index (χ2n) is 7.71. The predicted molar refractivity (Wildman–Crippen MR) is 124 cm³/mol. The Kier molecular flexibility index (Phi) is 6.77. The molecule has 1 aliphatic heterocycles. The smallest absolute Gasteiger partial charge is 0.243 e. The summed E-state index contributed by atoms with van der Waals surface area (Å²) >= 11 is 1.21. The van der Waals surface area contributed by atoms with E-state index in [1.54, 1.807) is 12.1 Å². The zero-order valence-electron chi connectivity index (χ0n) is 17.3. The molecule has 3 aromatic rings. The van der Waals surface area contributed by atoms with Crippen LogP contribution in [0.1, 0.15) is 18.9 Å². The van der Waals surface area contributed by atoms with Crippen molar-refractivity contribution < 1.29 is 17.9 Å². The minimum atomic E-state index is -3.71. The van der Waals surface area contributed by atoms with Gasteiger partial charge in [-0.15, -0.1) is 0 Å². The normalized spacial score (nSPS) is 19.6. The molecule has 162 valence electrons. The van der Waals surface area contributed by atoms with E-state index in [1.807, 2.05) is 60.7 Å². The molecule has 7 heteroatoms. The summed E-state index contributed by atoms with van der Waals surface area (Å²) in [5.41, 5.74) is 1.04. The van der Waals surface area contributed by atoms with Crippen LogP contribution >= 0.6 is 11.8 Å². The van der Waals surface area contributed by atoms with Crippen LogP contribution in [0.15, 0.2) is 77.7 Å². The average molecular weight is 456 g/mol. The van der Waals surface area contributed by atoms with Crippen molar-refractivity contribution in [1.82, 2.24) is 4.31 Å². The van der Waals surface area contributed by atoms with Crippen LogP contribution in [0.25, 0.3) is 10.8 Å². The number of hydrogen-bond donors (Lipinski definition) is 0. The number of rotatable bonds is 7. The van der Waals surface area contributed by atoms with E-state index < -0.39 is 10.0 Å². The molecule has 1 saturated heterocycles. The molecular formula is C24H25NO4S2. The molecule has 0 aromatic heterocycles. The molecule has 0 radical (unpaired) electrons. The third-order valence-electron chi connectivity index (χ3n) is 5.41. The van der Waals surface area contributed by atoms with E-state index in [2.05, 4.69) is 0 Å². The lowest BCUT2D eigenvalue weighted by Gasteiger charge is -2.24. The molecule has 1 heterocycles. The fourth-order valence-corrected chi connectivity index (χ4v) is 6.78. The number of benzene rings is 3. The number of thioether (sulfide) groups is 1. The Morgan fingerprint density at radius 2 is 1.74 bits per heavy atom. The van der Waals surface area contributed by atoms with Gasteiger partial charge in [0.1, 0.15) is 0 Å². The first-order chi connectivity index (χ1) is 14.9. The van der Waals surface area contributed by atoms with Gasteiger partial charge in [0.25, 0.3) is 0 Å². The van der Waals surface area contributed by atoms with Crippen molar-refractivity contribution in [1.29, 1.82) is 0 Å². The van der Waals surface area contributed by atoms with Crippen molar-refractivity contribution in [3.05, 3.63) is 78.4 Å². The van der Waals surface area contributed by atoms with Gasteiger partial charge in [-0.1, -0.05) is 72.4 Å². The van der Waals surface area contributed by atoms with E-state index in [9.17, 15) is 13.2 Å². The van der Waals surface area contributed by atoms with Crippen molar-refractivity contribution >= 4 is 37.7 Å². The number of hydrogen-bond acceptors (Lipinski definition) is 5. The lowest BCUT2D eigenvalue weighted by Crippen LogP contribution is -2.38. The number of carbonyl (C=O) groups is 1. The van der Waals surface area contributed by atoms with Crippen LogP contribution in [0.5, 0.6) is 0 Å². The van der Waals surface area contributed by atoms with Gasteiger partial charge in [-0.2, -0.15) is 4.31 Å². The molecule has 3 aromatic carbocycles. The highest BCUT2D eigenvalue weighted by molar-refractivity contribution is 8.14. The molecule has 0 N–H and O–H groups in total. The van der Waals surface area contributed by atoms with Crippen LogP contribution in [0, 0.1) is 0 Å². The Balaban J connectivity index is 1.55. The highest BCUT2D eigenvalue weighted by atomic mass is 32.2. The van der Waals surface area contributed by atoms with Crippen molar-refractivity contribution in [2.45, 2.75) is 36.1 Å². The Bertz CT molecular complexity index is 1160. The zero-order valence-corrected chi connectivity index (χ0v) is 18.9. The van der Waals surface area contributed by atoms with Gasteiger partial charge in [-0.3, -0.25) is 4.79 Å². The Labute approximate surface area is 187 Å². The molecular weight excluding hydrogens is 430 g/mol. The van der Waals surface area contributed by atoms with Crippen LogP contribution in [0.3, 0.4) is 0 Å². The summed E-state index contributed by atoms with van der Waals surface area (Å²) in [6.07, 6.45) is 0.589. The van der Waals surface area contributed by atoms with Gasteiger partial charge in [0.15, 0.2) is 5.12 Å². The van der Waals surface area contributed by atoms with Crippen molar-refractivity contribution in [2.75, 3.05) is 13.2 Å². The number of ether oxygens (including phenoxy) is 1. The summed E-state index contributed by atoms with van der Waals surface area (Å²) in [6, 6.07) is 22.4. The lowest BCUT2D eigenvalue weighted by molar-refractivity contribution is -0.109. The third-order valence-corrected chi connectivity index (χ3v) is 8.33. The summed E-state index contributed by atoms with van der Waals surface area (Å²) in [5.74, 6) is 0. The molecule has 0 unspecified atom stereocenters. The molecule has 0 amide bonds. The molecule has 0 spiro atoms. The first kappa shape index (κ1) is 22.0. The zero-order chi connectivity index (χ0) is 21.8. The maximum atomic E-state index is 13.5. The largest absolute Gasteiger partial charge is 0.375 e. The van der Waals surface area contributed by atoms with Crippen molar-refractivity contribution in [2.24, 2.45) is 0 Å². The van der Waals surface area contributed by atoms with Crippen molar-refractivity contribution in [3.8, 4) is 0 Å². The summed E-state index contributed by atoms with van der Waals surface area (Å²) in [4.78, 5) is 11.9. The van der Waals surface area contributed by atoms with Gasteiger partial charge in [-0.25, -0.2) is 8.42 Å². The molecule has 2 atom stereocenters. The van der Waals surface area contributed by atoms with Crippen LogP contribution in [0.2, 0.25) is 0 Å². The number of carbonyl (C=O) groups excluding carboxylic acids is 1. The van der Waals surface area contributed by atoms with Gasteiger partial charge >= 0.3 is 0 Å². The predicted octanol–water partition coefficient (Wildman–Crippen LogP) is 4.47. The van der Waals surface area contributed by atoms with Crippen molar-refractivity contribution in [3.63, 3.8) is 0 Å². The van der Waals surface area contributed by atoms with Gasteiger partial charge in [0, 0.05) is 24.8 Å². The summed E-state index contributed by atoms with van der Waals surface area (Å²) in [5, 5.41) is 1.81. The molecule has 31 heavy (non-hydrogen) atoms. The minimum Gasteiger partial charge on any atom is -0.375 e. The fraction of sp³-hybridized carbons (Fsp3) is 0.292. The van der Waals surface area contributed by atoms with E-state index in [1.165, 1.54) is 23.0 Å². The molecule has 5 nitrogen and oxygen atoms in total. The van der Waals surface area contributed by atoms with Crippen LogP contribution in [0.4, 0.5) is 0 Å². The van der Waals surface area contributed by atoms with Crippen LogP contribution < -0.4 is 0 Å². The van der Waals surface area contributed by atoms with E-state index in [0.717, 1.165) is 16.3 Å². The van der Waals surface area contributed by atoms with E-state index >= 15 is 0 Å². The average Bonchev–Trinajstić information content (AvgIpc) is 3.16. The monoisotopic (exact) mass is 455 g/mol. The second kappa shape index (κ2) is 9.53. The first-order valence-corrected chi connectivity index (χ1v) is 12.5. The first-order valence-electron chi connectivity index (χ1n) is 10.2. The number of sulfonamides is 1. The molecule has 1 aliphatic rings. The molecule has 0 bridgehead atoms. The molecule has 0 saturated carbocycles. The second-order valence-corrected chi connectivity index (χ2v) is 11.1. The standard InChI is InChI=1S/C24H25NO4S2/c1-18(26)30-23-14-22(17-29-16-19-7-3-2-4-8-19)25(15-23)31(27,28)24-12-11-20-9-5-6-10-21(20)13-24/h2-13,22-23H,14-17H2,1H3/t22-,23-/m0/s1. The Hall–Kier alpha value is -2.19. The van der Waals surface area contributed by atoms with Gasteiger partial charge in [-0.05, 0) is 34.9 Å². The summed E-state index contributed by atoms with van der Waals surface area (Å²) in [7, 11) is -3.71. The maximum absolute atomic E-state index is 13.5. The topological polar surface area (TPSA) is 63.7 Å². The number of fused-ring (bicyclic) bond motifs is 1. The van der Waals surface area contributed by atoms with E-state index in [0.29, 0.717) is 19.6 Å². The summed E-state index contributed by atoms with van der Waals surface area (Å²) < 4.78 is 34.5. The quantitative estimate of drug-likeness (QED) is 0.526. The van der Waals surface area contributed by atoms with Crippen LogP contribution in [-0.2, 0) is 26.2 Å². The third kappa shape index (κ3) is 5.18. The van der Waals surface area contributed by atoms with Crippen LogP contribution in [-0.4, -0.2) is 42.3 Å². The highest BCUT2D eigenvalue weighted by Crippen LogP contribution is 2.33. The fourth-order valence-electron chi connectivity index (χ4n) is 3.96. The Morgan fingerprint density at radius 3 is 2.48 bits per heavy atom. The lowest BCUT2D eigenvalue weighted by atomic mass is 10.1. The minimum absolute atomic E-state index is 0.00101. The SMILES string of the molecule is CC(=O)S[C@H]1C[C@@H](COCc2ccccc2)N(S(=O)(=O)c2ccc3ccccc3c2)C1. The van der Waals surface area contributed by atoms with Gasteiger partial charge in [0.2, 0.25) is 10.0 Å². The van der Waals surface area contributed by atoms with Gasteiger partial charge in [0.05, 0.1) is 18.1 Å². The molecule has 0 aliphatic carbocycles. The maximum Gasteiger partial charge on any atom is 0.243 e. The Morgan fingerprint density at radius 1 is 1.03 bits per heavy atom. The van der Waals surface area contributed by atoms with Gasteiger partial charge < -0.3 is 4.74 Å². The highest BCUT2D eigenvalue weighted by Gasteiger charge is 2.41. The van der Waals surface area contributed by atoms with E-state index in [4.69, 9.17) is 4.74 Å². The van der Waals surface area contributed by atoms with E-state index in [-0.39, 0.29) is 27.9 Å².